The van der Waals surface area contributed by atoms with Gasteiger partial charge in [0.25, 0.3) is 0 Å². The van der Waals surface area contributed by atoms with Crippen molar-refractivity contribution >= 4 is 22.5 Å². The summed E-state index contributed by atoms with van der Waals surface area (Å²) in [6, 6.07) is 11.3. The van der Waals surface area contributed by atoms with Crippen LogP contribution in [0.5, 0.6) is 11.6 Å². The van der Waals surface area contributed by atoms with E-state index in [4.69, 9.17) is 16.3 Å². The van der Waals surface area contributed by atoms with Crippen molar-refractivity contribution in [1.82, 2.24) is 15.0 Å². The van der Waals surface area contributed by atoms with Crippen LogP contribution in [0.15, 0.2) is 42.6 Å². The second-order valence-corrected chi connectivity index (χ2v) is 5.36. The molecule has 0 fully saturated rings. The van der Waals surface area contributed by atoms with E-state index in [-0.39, 0.29) is 5.92 Å². The molecular formula is C16H14ClN3O. The van der Waals surface area contributed by atoms with Crippen LogP contribution in [0.25, 0.3) is 10.9 Å². The molecule has 0 N–H and O–H groups in total. The zero-order valence-electron chi connectivity index (χ0n) is 11.7. The molecular weight excluding hydrogens is 286 g/mol. The summed E-state index contributed by atoms with van der Waals surface area (Å²) in [6.45, 7) is 4.02. The highest BCUT2D eigenvalue weighted by Gasteiger charge is 2.10. The van der Waals surface area contributed by atoms with Crippen molar-refractivity contribution in [2.24, 2.45) is 0 Å². The number of hydrogen-bond donors (Lipinski definition) is 0. The zero-order chi connectivity index (χ0) is 14.8. The molecule has 0 aliphatic heterocycles. The Morgan fingerprint density at radius 3 is 2.71 bits per heavy atom. The number of para-hydroxylation sites is 1. The van der Waals surface area contributed by atoms with Crippen LogP contribution in [-0.2, 0) is 0 Å². The second kappa shape index (κ2) is 5.66. The molecule has 0 radical (unpaired) electrons. The first-order chi connectivity index (χ1) is 10.1. The van der Waals surface area contributed by atoms with Crippen molar-refractivity contribution in [1.29, 1.82) is 0 Å². The lowest BCUT2D eigenvalue weighted by Gasteiger charge is -2.10. The van der Waals surface area contributed by atoms with Gasteiger partial charge in [-0.05, 0) is 12.1 Å². The van der Waals surface area contributed by atoms with Crippen molar-refractivity contribution in [3.8, 4) is 11.6 Å². The van der Waals surface area contributed by atoms with Gasteiger partial charge in [-0.25, -0.2) is 4.98 Å². The molecule has 5 heteroatoms. The lowest BCUT2D eigenvalue weighted by Crippen LogP contribution is -2.00. The predicted octanol–water partition coefficient (Wildman–Crippen LogP) is 4.59. The number of halogens is 1. The minimum absolute atomic E-state index is 0.177. The summed E-state index contributed by atoms with van der Waals surface area (Å²) in [5, 5.41) is 1.39. The second-order valence-electron chi connectivity index (χ2n) is 4.98. The van der Waals surface area contributed by atoms with Crippen LogP contribution in [0, 0.1) is 0 Å². The molecule has 0 spiro atoms. The van der Waals surface area contributed by atoms with Gasteiger partial charge in [0.15, 0.2) is 5.75 Å². The van der Waals surface area contributed by atoms with Crippen molar-refractivity contribution in [3.05, 3.63) is 53.6 Å². The number of ether oxygens (including phenoxy) is 1. The summed E-state index contributed by atoms with van der Waals surface area (Å²) in [6.07, 6.45) is 1.74. The molecule has 0 atom stereocenters. The third-order valence-corrected chi connectivity index (χ3v) is 3.21. The van der Waals surface area contributed by atoms with E-state index in [1.807, 2.05) is 44.2 Å². The lowest BCUT2D eigenvalue weighted by molar-refractivity contribution is 0.461. The molecule has 4 nitrogen and oxygen atoms in total. The lowest BCUT2D eigenvalue weighted by atomic mass is 10.2. The minimum Gasteiger partial charge on any atom is -0.437 e. The number of rotatable bonds is 3. The average molecular weight is 300 g/mol. The van der Waals surface area contributed by atoms with E-state index in [2.05, 4.69) is 15.0 Å². The highest BCUT2D eigenvalue weighted by Crippen LogP contribution is 2.28. The maximum atomic E-state index is 6.03. The van der Waals surface area contributed by atoms with Crippen LogP contribution in [0.4, 0.5) is 0 Å². The van der Waals surface area contributed by atoms with E-state index in [0.717, 1.165) is 10.9 Å². The Hall–Kier alpha value is -2.20. The molecule has 0 aliphatic rings. The average Bonchev–Trinajstić information content (AvgIpc) is 2.47. The van der Waals surface area contributed by atoms with Crippen molar-refractivity contribution < 1.29 is 4.74 Å². The molecule has 1 aromatic carbocycles. The number of nitrogens with zero attached hydrogens (tertiary/aromatic N) is 3. The summed E-state index contributed by atoms with van der Waals surface area (Å²) in [4.78, 5) is 12.9. The van der Waals surface area contributed by atoms with Crippen LogP contribution in [0.3, 0.4) is 0 Å². The molecule has 2 heterocycles. The summed E-state index contributed by atoms with van der Waals surface area (Å²) in [5.41, 5.74) is 0.792. The smallest absolute Gasteiger partial charge is 0.224 e. The number of aromatic nitrogens is 3. The molecule has 3 aromatic rings. The van der Waals surface area contributed by atoms with Gasteiger partial charge in [-0.15, -0.1) is 0 Å². The molecule has 106 valence electrons. The fourth-order valence-corrected chi connectivity index (χ4v) is 2.18. The van der Waals surface area contributed by atoms with Gasteiger partial charge in [0, 0.05) is 23.6 Å². The Morgan fingerprint density at radius 2 is 1.90 bits per heavy atom. The van der Waals surface area contributed by atoms with Gasteiger partial charge in [-0.2, -0.15) is 4.98 Å². The van der Waals surface area contributed by atoms with Crippen LogP contribution in [0.2, 0.25) is 5.15 Å². The van der Waals surface area contributed by atoms with Gasteiger partial charge in [0.2, 0.25) is 5.88 Å². The van der Waals surface area contributed by atoms with Crippen LogP contribution in [-0.4, -0.2) is 15.0 Å². The Bertz CT molecular complexity index is 784. The largest absolute Gasteiger partial charge is 0.437 e. The SMILES string of the molecule is CC(C)c1nc(Cl)cc(Oc2cccc3cccnc23)n1. The molecule has 0 bridgehead atoms. The van der Waals surface area contributed by atoms with E-state index >= 15 is 0 Å². The molecule has 0 saturated carbocycles. The Labute approximate surface area is 127 Å². The van der Waals surface area contributed by atoms with Crippen molar-refractivity contribution in [2.45, 2.75) is 19.8 Å². The van der Waals surface area contributed by atoms with E-state index in [0.29, 0.717) is 22.6 Å². The third-order valence-electron chi connectivity index (χ3n) is 3.02. The van der Waals surface area contributed by atoms with Crippen molar-refractivity contribution in [3.63, 3.8) is 0 Å². The standard InChI is InChI=1S/C16H14ClN3O/c1-10(2)16-19-13(17)9-14(20-16)21-12-7-3-5-11-6-4-8-18-15(11)12/h3-10H,1-2H3. The Balaban J connectivity index is 2.03. The fraction of sp³-hybridized carbons (Fsp3) is 0.188. The van der Waals surface area contributed by atoms with E-state index in [1.54, 1.807) is 12.3 Å². The Kier molecular flexibility index (Phi) is 3.71. The molecule has 3 rings (SSSR count). The summed E-state index contributed by atoms with van der Waals surface area (Å²) in [7, 11) is 0. The quantitative estimate of drug-likeness (QED) is 0.663. The van der Waals surface area contributed by atoms with Gasteiger partial charge in [-0.1, -0.05) is 43.6 Å². The van der Waals surface area contributed by atoms with Crippen LogP contribution in [0.1, 0.15) is 25.6 Å². The van der Waals surface area contributed by atoms with E-state index in [9.17, 15) is 0 Å². The van der Waals surface area contributed by atoms with Gasteiger partial charge >= 0.3 is 0 Å². The Morgan fingerprint density at radius 1 is 1.10 bits per heavy atom. The highest BCUT2D eigenvalue weighted by molar-refractivity contribution is 6.29. The van der Waals surface area contributed by atoms with Gasteiger partial charge in [0.1, 0.15) is 16.5 Å². The first-order valence-corrected chi connectivity index (χ1v) is 7.07. The zero-order valence-corrected chi connectivity index (χ0v) is 12.5. The highest BCUT2D eigenvalue weighted by atomic mass is 35.5. The van der Waals surface area contributed by atoms with E-state index in [1.165, 1.54) is 0 Å². The number of benzene rings is 1. The molecule has 0 aliphatic carbocycles. The molecule has 0 amide bonds. The monoisotopic (exact) mass is 299 g/mol. The summed E-state index contributed by atoms with van der Waals surface area (Å²) >= 11 is 6.03. The topological polar surface area (TPSA) is 47.9 Å². The molecule has 0 saturated heterocycles. The van der Waals surface area contributed by atoms with Crippen LogP contribution >= 0.6 is 11.6 Å². The number of hydrogen-bond acceptors (Lipinski definition) is 4. The first-order valence-electron chi connectivity index (χ1n) is 6.69. The maximum Gasteiger partial charge on any atom is 0.224 e. The number of pyridine rings is 1. The van der Waals surface area contributed by atoms with Gasteiger partial charge < -0.3 is 4.74 Å². The minimum atomic E-state index is 0.177. The number of fused-ring (bicyclic) bond motifs is 1. The van der Waals surface area contributed by atoms with Gasteiger partial charge in [-0.3, -0.25) is 4.98 Å². The fourth-order valence-electron chi connectivity index (χ4n) is 2.00. The van der Waals surface area contributed by atoms with Crippen molar-refractivity contribution in [2.75, 3.05) is 0 Å². The third kappa shape index (κ3) is 2.95. The molecule has 21 heavy (non-hydrogen) atoms. The maximum absolute atomic E-state index is 6.03. The first kappa shape index (κ1) is 13.8. The van der Waals surface area contributed by atoms with Gasteiger partial charge in [0.05, 0.1) is 0 Å². The summed E-state index contributed by atoms with van der Waals surface area (Å²) < 4.78 is 5.87. The normalized spacial score (nSPS) is 11.0. The molecule has 0 unspecified atom stereocenters. The summed E-state index contributed by atoms with van der Waals surface area (Å²) in [5.74, 6) is 1.91. The predicted molar refractivity (Wildman–Crippen MR) is 82.9 cm³/mol. The van der Waals surface area contributed by atoms with Crippen LogP contribution < -0.4 is 4.74 Å². The van der Waals surface area contributed by atoms with E-state index < -0.39 is 0 Å². The molecule has 2 aromatic heterocycles.